The minimum Gasteiger partial charge on any atom is -0.388 e. The third-order valence-corrected chi connectivity index (χ3v) is 5.01. The lowest BCUT2D eigenvalue weighted by Gasteiger charge is -2.18. The van der Waals surface area contributed by atoms with Gasteiger partial charge in [-0.25, -0.2) is 23.4 Å². The second kappa shape index (κ2) is 7.48. The number of sulfonamides is 1. The largest absolute Gasteiger partial charge is 0.388 e. The van der Waals surface area contributed by atoms with Gasteiger partial charge in [-0.05, 0) is 6.08 Å². The number of aliphatic hydroxyl groups excluding tert-OH is 1. The second-order valence-electron chi connectivity index (χ2n) is 6.24. The monoisotopic (exact) mass is 434 g/mol. The molecule has 13 nitrogen and oxygen atoms in total. The van der Waals surface area contributed by atoms with Gasteiger partial charge in [0.05, 0.1) is 18.7 Å². The standard InChI is InChI=1S/C13H19N6O7PS/c1-18(17-28(2,24)25)11-10-12(15-6-14-11)19(7-16-10)13-9(20)5-8(26-13)3-4-27(21,22)23/h3-4,6-9,13,17,20H,5H2,1-2H3,(H2,21,22,23)/b4-3+/t8-,9-,13-/m1/s1. The van der Waals surface area contributed by atoms with Crippen molar-refractivity contribution in [2.24, 2.45) is 0 Å². The topological polar surface area (TPSA) is 180 Å². The Kier molecular flexibility index (Phi) is 5.55. The summed E-state index contributed by atoms with van der Waals surface area (Å²) < 4.78 is 40.9. The number of nitrogens with one attached hydrogen (secondary N) is 1. The van der Waals surface area contributed by atoms with Gasteiger partial charge in [-0.15, -0.1) is 4.83 Å². The van der Waals surface area contributed by atoms with Crippen molar-refractivity contribution >= 4 is 34.6 Å². The molecule has 1 fully saturated rings. The first-order chi connectivity index (χ1) is 12.9. The molecule has 1 saturated heterocycles. The van der Waals surface area contributed by atoms with Crippen molar-refractivity contribution in [3.63, 3.8) is 0 Å². The van der Waals surface area contributed by atoms with Crippen LogP contribution >= 0.6 is 7.60 Å². The van der Waals surface area contributed by atoms with Crippen LogP contribution in [0.4, 0.5) is 5.82 Å². The third kappa shape index (κ3) is 4.72. The summed E-state index contributed by atoms with van der Waals surface area (Å²) in [6.07, 6.45) is 2.31. The highest BCUT2D eigenvalue weighted by atomic mass is 32.2. The number of nitrogens with zero attached hydrogens (tertiary/aromatic N) is 5. The Balaban J connectivity index is 1.90. The maximum absolute atomic E-state index is 11.4. The molecule has 1 aliphatic heterocycles. The van der Waals surface area contributed by atoms with Crippen molar-refractivity contribution in [1.29, 1.82) is 0 Å². The summed E-state index contributed by atoms with van der Waals surface area (Å²) in [6, 6.07) is 0. The van der Waals surface area contributed by atoms with Crippen LogP contribution in [0.15, 0.2) is 24.5 Å². The molecular formula is C13H19N6O7PS. The predicted molar refractivity (Wildman–Crippen MR) is 97.4 cm³/mol. The summed E-state index contributed by atoms with van der Waals surface area (Å²) in [4.78, 5) is 32.4. The molecule has 28 heavy (non-hydrogen) atoms. The van der Waals surface area contributed by atoms with E-state index < -0.39 is 36.1 Å². The smallest absolute Gasteiger partial charge is 0.348 e. The molecule has 0 amide bonds. The van der Waals surface area contributed by atoms with Gasteiger partial charge in [0.25, 0.3) is 0 Å². The van der Waals surface area contributed by atoms with Crippen molar-refractivity contribution in [2.75, 3.05) is 18.3 Å². The SMILES string of the molecule is CN(NS(C)(=O)=O)c1ncnc2c1ncn2[C@@H]1O[C@H](/C=C/P(=O)(O)O)C[C@H]1O. The van der Waals surface area contributed by atoms with Gasteiger partial charge in [0.2, 0.25) is 10.0 Å². The zero-order valence-corrected chi connectivity index (χ0v) is 16.5. The number of hydrazine groups is 1. The highest BCUT2D eigenvalue weighted by Gasteiger charge is 2.35. The van der Waals surface area contributed by atoms with Crippen molar-refractivity contribution in [1.82, 2.24) is 24.4 Å². The lowest BCUT2D eigenvalue weighted by atomic mass is 10.2. The summed E-state index contributed by atoms with van der Waals surface area (Å²) in [5.74, 6) is 0.921. The van der Waals surface area contributed by atoms with Gasteiger partial charge in [0.1, 0.15) is 12.4 Å². The number of rotatable bonds is 6. The Morgan fingerprint density at radius 1 is 1.39 bits per heavy atom. The fourth-order valence-electron chi connectivity index (χ4n) is 2.83. The minimum absolute atomic E-state index is 0.119. The lowest BCUT2D eigenvalue weighted by Crippen LogP contribution is -2.39. The van der Waals surface area contributed by atoms with Crippen LogP contribution in [0.1, 0.15) is 12.6 Å². The van der Waals surface area contributed by atoms with Crippen LogP contribution in [-0.2, 0) is 19.3 Å². The molecule has 0 radical (unpaired) electrons. The van der Waals surface area contributed by atoms with Gasteiger partial charge in [-0.3, -0.25) is 14.1 Å². The number of imidazole rings is 1. The molecule has 3 rings (SSSR count). The Hall–Kier alpha value is -1.93. The quantitative estimate of drug-likeness (QED) is 0.326. The molecule has 4 N–H and O–H groups in total. The molecule has 2 aromatic rings. The number of anilines is 1. The molecule has 2 aromatic heterocycles. The van der Waals surface area contributed by atoms with Crippen molar-refractivity contribution in [3.05, 3.63) is 24.5 Å². The first-order valence-corrected chi connectivity index (χ1v) is 11.5. The molecule has 0 spiro atoms. The molecule has 0 saturated carbocycles. The van der Waals surface area contributed by atoms with Gasteiger partial charge in [0, 0.05) is 19.3 Å². The van der Waals surface area contributed by atoms with Crippen LogP contribution in [0.2, 0.25) is 0 Å². The second-order valence-corrected chi connectivity index (χ2v) is 9.45. The number of hydrogen-bond donors (Lipinski definition) is 4. The van der Waals surface area contributed by atoms with Crippen molar-refractivity contribution in [3.8, 4) is 0 Å². The highest BCUT2D eigenvalue weighted by molar-refractivity contribution is 7.88. The van der Waals surface area contributed by atoms with E-state index in [9.17, 15) is 18.1 Å². The normalized spacial score (nSPS) is 23.7. The van der Waals surface area contributed by atoms with E-state index in [2.05, 4.69) is 19.8 Å². The number of hydrogen-bond acceptors (Lipinski definition) is 9. The summed E-state index contributed by atoms with van der Waals surface area (Å²) in [5.41, 5.74) is 0.557. The van der Waals surface area contributed by atoms with Crippen LogP contribution in [-0.4, -0.2) is 68.3 Å². The molecule has 3 atom stereocenters. The van der Waals surface area contributed by atoms with Crippen LogP contribution in [0.3, 0.4) is 0 Å². The molecular weight excluding hydrogens is 415 g/mol. The summed E-state index contributed by atoms with van der Waals surface area (Å²) >= 11 is 0. The van der Waals surface area contributed by atoms with E-state index in [1.165, 1.54) is 35.4 Å². The Morgan fingerprint density at radius 2 is 2.11 bits per heavy atom. The van der Waals surface area contributed by atoms with Crippen LogP contribution in [0.25, 0.3) is 11.2 Å². The van der Waals surface area contributed by atoms with Crippen molar-refractivity contribution < 1.29 is 32.6 Å². The zero-order valence-electron chi connectivity index (χ0n) is 14.8. The first-order valence-electron chi connectivity index (χ1n) is 7.91. The number of ether oxygens (including phenoxy) is 1. The third-order valence-electron chi connectivity index (χ3n) is 3.85. The van der Waals surface area contributed by atoms with Crippen molar-refractivity contribution in [2.45, 2.75) is 24.9 Å². The van der Waals surface area contributed by atoms with E-state index in [-0.39, 0.29) is 23.4 Å². The highest BCUT2D eigenvalue weighted by Crippen LogP contribution is 2.38. The molecule has 154 valence electrons. The van der Waals surface area contributed by atoms with Crippen LogP contribution in [0, 0.1) is 0 Å². The van der Waals surface area contributed by atoms with Gasteiger partial charge in [-0.2, -0.15) is 0 Å². The number of fused-ring (bicyclic) bond motifs is 1. The zero-order chi connectivity index (χ0) is 20.7. The van der Waals surface area contributed by atoms with E-state index in [0.717, 1.165) is 12.1 Å². The van der Waals surface area contributed by atoms with Gasteiger partial charge >= 0.3 is 7.60 Å². The van der Waals surface area contributed by atoms with E-state index in [1.54, 1.807) is 0 Å². The molecule has 0 unspecified atom stereocenters. The summed E-state index contributed by atoms with van der Waals surface area (Å²) in [7, 11) is -6.42. The molecule has 0 aliphatic carbocycles. The minimum atomic E-state index is -4.34. The van der Waals surface area contributed by atoms with E-state index in [0.29, 0.717) is 0 Å². The molecule has 1 aliphatic rings. The van der Waals surface area contributed by atoms with E-state index >= 15 is 0 Å². The summed E-state index contributed by atoms with van der Waals surface area (Å²) in [5, 5.41) is 11.5. The lowest BCUT2D eigenvalue weighted by molar-refractivity contribution is -0.0227. The molecule has 0 bridgehead atoms. The maximum Gasteiger partial charge on any atom is 0.348 e. The van der Waals surface area contributed by atoms with E-state index in [1.807, 2.05) is 0 Å². The van der Waals surface area contributed by atoms with Gasteiger partial charge in [0.15, 0.2) is 23.2 Å². The maximum atomic E-state index is 11.4. The fourth-order valence-corrected chi connectivity index (χ4v) is 3.83. The average molecular weight is 434 g/mol. The molecule has 15 heteroatoms. The fraction of sp³-hybridized carbons (Fsp3) is 0.462. The van der Waals surface area contributed by atoms with Crippen LogP contribution in [0.5, 0.6) is 0 Å². The molecule has 3 heterocycles. The first kappa shape index (κ1) is 20.8. The van der Waals surface area contributed by atoms with E-state index in [4.69, 9.17) is 14.5 Å². The van der Waals surface area contributed by atoms with Gasteiger partial charge in [-0.1, -0.05) is 0 Å². The van der Waals surface area contributed by atoms with Crippen LogP contribution < -0.4 is 9.84 Å². The Morgan fingerprint density at radius 3 is 2.75 bits per heavy atom. The number of aliphatic hydroxyl groups is 1. The summed E-state index contributed by atoms with van der Waals surface area (Å²) in [6.45, 7) is 0. The average Bonchev–Trinajstić information content (AvgIpc) is 3.13. The van der Waals surface area contributed by atoms with Gasteiger partial charge < -0.3 is 19.6 Å². The predicted octanol–water partition coefficient (Wildman–Crippen LogP) is -0.933. The Labute approximate surface area is 159 Å². The number of aromatic nitrogens is 4. The Bertz CT molecular complexity index is 1050. The molecule has 0 aromatic carbocycles.